The van der Waals surface area contributed by atoms with Crippen molar-refractivity contribution in [2.24, 2.45) is 5.92 Å². The quantitative estimate of drug-likeness (QED) is 0.759. The molecule has 0 spiro atoms. The molecule has 1 unspecified atom stereocenters. The summed E-state index contributed by atoms with van der Waals surface area (Å²) in [5.41, 5.74) is 0.770. The van der Waals surface area contributed by atoms with E-state index in [1.54, 1.807) is 17.0 Å². The largest absolute Gasteiger partial charge is 0.338 e. The first-order chi connectivity index (χ1) is 8.10. The molecule has 0 N–H and O–H groups in total. The zero-order chi connectivity index (χ0) is 12.4. The topological polar surface area (TPSA) is 20.3 Å². The minimum absolute atomic E-state index is 0.0929. The molecule has 1 aliphatic heterocycles. The van der Waals surface area contributed by atoms with Gasteiger partial charge in [-0.05, 0) is 17.7 Å². The molecule has 1 atom stereocenters. The summed E-state index contributed by atoms with van der Waals surface area (Å²) in [5, 5.41) is 0.361. The maximum Gasteiger partial charge on any atom is 0.223 e. The number of rotatable bonds is 3. The Hall–Kier alpha value is -1.35. The Morgan fingerprint density at radius 3 is 2.94 bits per heavy atom. The van der Waals surface area contributed by atoms with Crippen molar-refractivity contribution in [1.82, 2.24) is 4.90 Å². The molecule has 0 bridgehead atoms. The molecule has 0 radical (unpaired) electrons. The Morgan fingerprint density at radius 1 is 1.59 bits per heavy atom. The average Bonchev–Trinajstić information content (AvgIpc) is 2.64. The Balaban J connectivity index is 2.11. The monoisotopic (exact) mass is 253 g/mol. The van der Waals surface area contributed by atoms with E-state index in [9.17, 15) is 9.18 Å². The SMILES string of the molecule is C=CC1CC(=O)N(Cc2ccc(F)cc2Cl)C1. The van der Waals surface area contributed by atoms with E-state index in [1.807, 2.05) is 0 Å². The molecular formula is C13H13ClFNO. The number of carbonyl (C=O) groups excluding carboxylic acids is 1. The highest BCUT2D eigenvalue weighted by atomic mass is 35.5. The maximum atomic E-state index is 12.9. The van der Waals surface area contributed by atoms with Crippen molar-refractivity contribution in [3.8, 4) is 0 Å². The first kappa shape index (κ1) is 12.1. The van der Waals surface area contributed by atoms with Gasteiger partial charge in [0, 0.05) is 30.5 Å². The lowest BCUT2D eigenvalue weighted by Crippen LogP contribution is -2.24. The van der Waals surface area contributed by atoms with Crippen LogP contribution in [0.25, 0.3) is 0 Å². The van der Waals surface area contributed by atoms with Crippen LogP contribution in [0, 0.1) is 11.7 Å². The van der Waals surface area contributed by atoms with Gasteiger partial charge in [0.05, 0.1) is 0 Å². The Labute approximate surface area is 105 Å². The highest BCUT2D eigenvalue weighted by Crippen LogP contribution is 2.24. The second-order valence-electron chi connectivity index (χ2n) is 4.21. The first-order valence-electron chi connectivity index (χ1n) is 5.44. The Morgan fingerprint density at radius 2 is 2.35 bits per heavy atom. The van der Waals surface area contributed by atoms with Gasteiger partial charge >= 0.3 is 0 Å². The van der Waals surface area contributed by atoms with E-state index in [0.29, 0.717) is 24.5 Å². The summed E-state index contributed by atoms with van der Waals surface area (Å²) in [5.74, 6) is -0.0625. The van der Waals surface area contributed by atoms with Gasteiger partial charge in [0.15, 0.2) is 0 Å². The summed E-state index contributed by atoms with van der Waals surface area (Å²) in [6, 6.07) is 4.24. The second-order valence-corrected chi connectivity index (χ2v) is 4.62. The minimum Gasteiger partial charge on any atom is -0.338 e. The van der Waals surface area contributed by atoms with E-state index in [2.05, 4.69) is 6.58 Å². The van der Waals surface area contributed by atoms with Crippen molar-refractivity contribution >= 4 is 17.5 Å². The van der Waals surface area contributed by atoms with Crippen molar-refractivity contribution in [3.63, 3.8) is 0 Å². The molecule has 1 aromatic carbocycles. The van der Waals surface area contributed by atoms with E-state index in [4.69, 9.17) is 11.6 Å². The summed E-state index contributed by atoms with van der Waals surface area (Å²) in [6.45, 7) is 4.79. The van der Waals surface area contributed by atoms with Gasteiger partial charge in [-0.25, -0.2) is 4.39 Å². The molecule has 17 heavy (non-hydrogen) atoms. The first-order valence-corrected chi connectivity index (χ1v) is 5.82. The number of likely N-dealkylation sites (tertiary alicyclic amines) is 1. The van der Waals surface area contributed by atoms with Crippen LogP contribution in [-0.4, -0.2) is 17.4 Å². The third kappa shape index (κ3) is 2.67. The third-order valence-electron chi connectivity index (χ3n) is 2.95. The molecule has 0 aromatic heterocycles. The second kappa shape index (κ2) is 4.88. The molecule has 2 rings (SSSR count). The zero-order valence-electron chi connectivity index (χ0n) is 9.33. The molecular weight excluding hydrogens is 241 g/mol. The van der Waals surface area contributed by atoms with Crippen molar-refractivity contribution < 1.29 is 9.18 Å². The molecule has 1 aliphatic rings. The zero-order valence-corrected chi connectivity index (χ0v) is 10.1. The van der Waals surface area contributed by atoms with E-state index in [1.165, 1.54) is 12.1 Å². The number of halogens is 2. The normalized spacial score (nSPS) is 19.8. The lowest BCUT2D eigenvalue weighted by molar-refractivity contribution is -0.128. The molecule has 2 nitrogen and oxygen atoms in total. The molecule has 90 valence electrons. The Bertz CT molecular complexity index is 461. The molecule has 4 heteroatoms. The van der Waals surface area contributed by atoms with Gasteiger partial charge in [0.2, 0.25) is 5.91 Å². The summed E-state index contributed by atoms with van der Waals surface area (Å²) >= 11 is 5.93. The summed E-state index contributed by atoms with van der Waals surface area (Å²) in [4.78, 5) is 13.4. The summed E-state index contributed by atoms with van der Waals surface area (Å²) in [6.07, 6.45) is 2.30. The van der Waals surface area contributed by atoms with E-state index >= 15 is 0 Å². The van der Waals surface area contributed by atoms with Crippen LogP contribution < -0.4 is 0 Å². The van der Waals surface area contributed by atoms with E-state index < -0.39 is 0 Å². The molecule has 0 aliphatic carbocycles. The van der Waals surface area contributed by atoms with Gasteiger partial charge in [0.1, 0.15) is 5.82 Å². The van der Waals surface area contributed by atoms with Crippen LogP contribution in [0.1, 0.15) is 12.0 Å². The minimum atomic E-state index is -0.365. The van der Waals surface area contributed by atoms with Gasteiger partial charge in [-0.3, -0.25) is 4.79 Å². The smallest absolute Gasteiger partial charge is 0.223 e. The van der Waals surface area contributed by atoms with Crippen LogP contribution >= 0.6 is 11.6 Å². The van der Waals surface area contributed by atoms with Crippen molar-refractivity contribution in [3.05, 3.63) is 47.3 Å². The predicted octanol–water partition coefficient (Wildman–Crippen LogP) is 3.01. The number of carbonyl (C=O) groups is 1. The van der Waals surface area contributed by atoms with Crippen LogP contribution in [-0.2, 0) is 11.3 Å². The fourth-order valence-electron chi connectivity index (χ4n) is 1.97. The van der Waals surface area contributed by atoms with Gasteiger partial charge in [-0.1, -0.05) is 23.7 Å². The van der Waals surface area contributed by atoms with Crippen molar-refractivity contribution in [1.29, 1.82) is 0 Å². The fourth-order valence-corrected chi connectivity index (χ4v) is 2.20. The van der Waals surface area contributed by atoms with E-state index in [0.717, 1.165) is 5.56 Å². The van der Waals surface area contributed by atoms with Crippen LogP contribution in [0.15, 0.2) is 30.9 Å². The van der Waals surface area contributed by atoms with Crippen LogP contribution in [0.3, 0.4) is 0 Å². The summed E-state index contributed by atoms with van der Waals surface area (Å²) < 4.78 is 12.9. The highest BCUT2D eigenvalue weighted by molar-refractivity contribution is 6.31. The Kier molecular flexibility index (Phi) is 3.48. The lowest BCUT2D eigenvalue weighted by Gasteiger charge is -2.17. The number of hydrogen-bond donors (Lipinski definition) is 0. The third-order valence-corrected chi connectivity index (χ3v) is 3.31. The predicted molar refractivity (Wildman–Crippen MR) is 65.1 cm³/mol. The lowest BCUT2D eigenvalue weighted by atomic mass is 10.1. The van der Waals surface area contributed by atoms with Crippen LogP contribution in [0.4, 0.5) is 4.39 Å². The maximum absolute atomic E-state index is 12.9. The number of nitrogens with zero attached hydrogens (tertiary/aromatic N) is 1. The number of amides is 1. The van der Waals surface area contributed by atoms with Crippen LogP contribution in [0.5, 0.6) is 0 Å². The average molecular weight is 254 g/mol. The molecule has 1 amide bonds. The molecule has 1 heterocycles. The van der Waals surface area contributed by atoms with Gasteiger partial charge in [0.25, 0.3) is 0 Å². The van der Waals surface area contributed by atoms with Gasteiger partial charge < -0.3 is 4.90 Å². The molecule has 1 fully saturated rings. The standard InChI is InChI=1S/C13H13ClFNO/c1-2-9-5-13(17)16(7-9)8-10-3-4-11(15)6-12(10)14/h2-4,6,9H,1,5,7-8H2. The summed E-state index contributed by atoms with van der Waals surface area (Å²) in [7, 11) is 0. The molecule has 1 saturated heterocycles. The van der Waals surface area contributed by atoms with Gasteiger partial charge in [-0.15, -0.1) is 6.58 Å². The van der Waals surface area contributed by atoms with Crippen molar-refractivity contribution in [2.75, 3.05) is 6.54 Å². The molecule has 1 aromatic rings. The van der Waals surface area contributed by atoms with Gasteiger partial charge in [-0.2, -0.15) is 0 Å². The highest BCUT2D eigenvalue weighted by Gasteiger charge is 2.27. The number of benzene rings is 1. The number of hydrogen-bond acceptors (Lipinski definition) is 1. The van der Waals surface area contributed by atoms with Crippen molar-refractivity contribution in [2.45, 2.75) is 13.0 Å². The molecule has 0 saturated carbocycles. The van der Waals surface area contributed by atoms with E-state index in [-0.39, 0.29) is 17.6 Å². The fraction of sp³-hybridized carbons (Fsp3) is 0.308. The van der Waals surface area contributed by atoms with Crippen LogP contribution in [0.2, 0.25) is 5.02 Å².